The molecular weight excluding hydrogens is 552 g/mol. The second kappa shape index (κ2) is 15.1. The summed E-state index contributed by atoms with van der Waals surface area (Å²) in [5.41, 5.74) is 0.739. The molecule has 2 aromatic rings. The minimum absolute atomic E-state index is 0.218. The highest BCUT2D eigenvalue weighted by atomic mass is 35.5. The molecule has 12 heteroatoms. The zero-order valence-electron chi connectivity index (χ0n) is 23.8. The molecule has 2 heterocycles. The maximum atomic E-state index is 13.5. The fourth-order valence-corrected chi connectivity index (χ4v) is 4.57. The number of rotatable bonds is 3. The van der Waals surface area contributed by atoms with Gasteiger partial charge in [0.15, 0.2) is 18.1 Å². The number of halogens is 1. The first-order chi connectivity index (χ1) is 19.6. The van der Waals surface area contributed by atoms with Gasteiger partial charge in [0, 0.05) is 43.8 Å². The molecule has 4 rings (SSSR count). The standard InChI is InChI=1S/C29H37ClN4O7/c1-19-28(37)33(2)13-5-6-14-34(29(38)22-10-9-21(30)17-24(22)39-3)15-7-12-31-27(36)20-8-11-23(25(16-20)40-4)41-18-26(35)32-19/h8-11,16-17,19H,5-7,12-15,18H2,1-4H3,(H,31,36)(H,32,35)/t19-/m0/s1. The summed E-state index contributed by atoms with van der Waals surface area (Å²) in [6.45, 7) is 2.88. The molecule has 41 heavy (non-hydrogen) atoms. The Morgan fingerprint density at radius 1 is 0.976 bits per heavy atom. The van der Waals surface area contributed by atoms with Crippen molar-refractivity contribution >= 4 is 35.2 Å². The van der Waals surface area contributed by atoms with Crippen LogP contribution in [0.1, 0.15) is 46.9 Å². The van der Waals surface area contributed by atoms with E-state index in [2.05, 4.69) is 10.6 Å². The van der Waals surface area contributed by atoms with Gasteiger partial charge in [-0.1, -0.05) is 11.6 Å². The second-order valence-corrected chi connectivity index (χ2v) is 10.1. The van der Waals surface area contributed by atoms with Crippen LogP contribution in [0.2, 0.25) is 5.02 Å². The molecule has 11 nitrogen and oxygen atoms in total. The van der Waals surface area contributed by atoms with Crippen LogP contribution < -0.4 is 24.8 Å². The van der Waals surface area contributed by atoms with Crippen LogP contribution in [0.25, 0.3) is 0 Å². The quantitative estimate of drug-likeness (QED) is 0.528. The van der Waals surface area contributed by atoms with Crippen LogP contribution in [-0.2, 0) is 9.59 Å². The Balaban J connectivity index is 1.80. The van der Waals surface area contributed by atoms with Crippen molar-refractivity contribution in [3.63, 3.8) is 0 Å². The predicted molar refractivity (Wildman–Crippen MR) is 154 cm³/mol. The Morgan fingerprint density at radius 2 is 1.68 bits per heavy atom. The number of methoxy groups -OCH3 is 2. The molecule has 4 amide bonds. The van der Waals surface area contributed by atoms with Crippen molar-refractivity contribution in [2.24, 2.45) is 0 Å². The molecule has 2 aliphatic rings. The number of hydrogen-bond acceptors (Lipinski definition) is 7. The molecule has 222 valence electrons. The lowest BCUT2D eigenvalue weighted by Gasteiger charge is -2.25. The van der Waals surface area contributed by atoms with Crippen LogP contribution in [0, 0.1) is 0 Å². The molecule has 0 saturated carbocycles. The summed E-state index contributed by atoms with van der Waals surface area (Å²) >= 11 is 6.09. The molecule has 0 fully saturated rings. The highest BCUT2D eigenvalue weighted by molar-refractivity contribution is 6.30. The topological polar surface area (TPSA) is 127 Å². The summed E-state index contributed by atoms with van der Waals surface area (Å²) in [4.78, 5) is 54.8. The number of nitrogens with zero attached hydrogens (tertiary/aromatic N) is 2. The molecule has 0 saturated heterocycles. The number of carbonyl (C=O) groups is 4. The number of carbonyl (C=O) groups excluding carboxylic acids is 4. The Kier molecular flexibility index (Phi) is 11.6. The normalized spacial score (nSPS) is 18.1. The fourth-order valence-electron chi connectivity index (χ4n) is 4.41. The predicted octanol–water partition coefficient (Wildman–Crippen LogP) is 2.76. The first-order valence-corrected chi connectivity index (χ1v) is 13.8. The van der Waals surface area contributed by atoms with Gasteiger partial charge in [-0.05, 0) is 62.6 Å². The van der Waals surface area contributed by atoms with E-state index in [1.807, 2.05) is 0 Å². The summed E-state index contributed by atoms with van der Waals surface area (Å²) < 4.78 is 16.3. The van der Waals surface area contributed by atoms with E-state index in [1.165, 1.54) is 20.3 Å². The first-order valence-electron chi connectivity index (χ1n) is 13.4. The minimum Gasteiger partial charge on any atom is -0.496 e. The Bertz CT molecular complexity index is 1260. The largest absolute Gasteiger partial charge is 0.496 e. The van der Waals surface area contributed by atoms with Gasteiger partial charge in [0.25, 0.3) is 17.7 Å². The zero-order chi connectivity index (χ0) is 29.9. The van der Waals surface area contributed by atoms with Crippen molar-refractivity contribution in [2.45, 2.75) is 32.2 Å². The highest BCUT2D eigenvalue weighted by Crippen LogP contribution is 2.28. The number of nitrogens with one attached hydrogen (secondary N) is 2. The lowest BCUT2D eigenvalue weighted by Crippen LogP contribution is -2.47. The van der Waals surface area contributed by atoms with Gasteiger partial charge in [-0.25, -0.2) is 0 Å². The van der Waals surface area contributed by atoms with Crippen LogP contribution >= 0.6 is 11.6 Å². The van der Waals surface area contributed by atoms with E-state index >= 15 is 0 Å². The lowest BCUT2D eigenvalue weighted by molar-refractivity contribution is -0.135. The molecule has 2 aromatic carbocycles. The van der Waals surface area contributed by atoms with Gasteiger partial charge in [0.1, 0.15) is 11.8 Å². The van der Waals surface area contributed by atoms with E-state index in [9.17, 15) is 19.2 Å². The Labute approximate surface area is 245 Å². The minimum atomic E-state index is -0.756. The van der Waals surface area contributed by atoms with Gasteiger partial charge >= 0.3 is 0 Å². The number of benzene rings is 2. The van der Waals surface area contributed by atoms with Gasteiger partial charge < -0.3 is 34.6 Å². The van der Waals surface area contributed by atoms with Crippen LogP contribution in [0.5, 0.6) is 17.2 Å². The number of fused-ring (bicyclic) bond motifs is 18. The highest BCUT2D eigenvalue weighted by Gasteiger charge is 2.22. The molecule has 1 atom stereocenters. The van der Waals surface area contributed by atoms with Crippen molar-refractivity contribution < 1.29 is 33.4 Å². The fraction of sp³-hybridized carbons (Fsp3) is 0.448. The van der Waals surface area contributed by atoms with E-state index in [1.54, 1.807) is 54.1 Å². The maximum absolute atomic E-state index is 13.5. The van der Waals surface area contributed by atoms with E-state index in [4.69, 9.17) is 25.8 Å². The molecule has 2 bridgehead atoms. The average Bonchev–Trinajstić information content (AvgIpc) is 2.97. The van der Waals surface area contributed by atoms with Crippen molar-refractivity contribution in [1.82, 2.24) is 20.4 Å². The summed E-state index contributed by atoms with van der Waals surface area (Å²) in [5.74, 6) is -0.298. The maximum Gasteiger partial charge on any atom is 0.258 e. The summed E-state index contributed by atoms with van der Waals surface area (Å²) in [5, 5.41) is 5.97. The SMILES string of the molecule is COc1cc2ccc1OCC(=O)N[C@@H](C)C(=O)N(C)CCCCN(C(=O)c1ccc(Cl)cc1OC)CCCNC2=O. The molecule has 0 aromatic heterocycles. The third-order valence-electron chi connectivity index (χ3n) is 6.65. The van der Waals surface area contributed by atoms with Crippen molar-refractivity contribution in [1.29, 1.82) is 0 Å². The van der Waals surface area contributed by atoms with Gasteiger partial charge in [-0.15, -0.1) is 0 Å². The van der Waals surface area contributed by atoms with Crippen LogP contribution in [0.3, 0.4) is 0 Å². The van der Waals surface area contributed by atoms with E-state index in [0.29, 0.717) is 67.3 Å². The molecule has 0 unspecified atom stereocenters. The average molecular weight is 589 g/mol. The van der Waals surface area contributed by atoms with Crippen molar-refractivity contribution in [2.75, 3.05) is 54.1 Å². The van der Waals surface area contributed by atoms with Crippen LogP contribution in [0.4, 0.5) is 0 Å². The summed E-state index contributed by atoms with van der Waals surface area (Å²) in [6.07, 6.45) is 1.78. The monoisotopic (exact) mass is 588 g/mol. The van der Waals surface area contributed by atoms with Gasteiger partial charge in [0.05, 0.1) is 19.8 Å². The number of likely N-dealkylation sites (N-methyl/N-ethyl adjacent to an activating group) is 1. The summed E-state index contributed by atoms with van der Waals surface area (Å²) in [6, 6.07) is 8.74. The molecule has 0 radical (unpaired) electrons. The third kappa shape index (κ3) is 8.75. The van der Waals surface area contributed by atoms with E-state index in [0.717, 1.165) is 0 Å². The Morgan fingerprint density at radius 3 is 2.41 bits per heavy atom. The molecule has 0 spiro atoms. The molecule has 0 aliphatic carbocycles. The third-order valence-corrected chi connectivity index (χ3v) is 6.89. The number of hydrogen-bond donors (Lipinski definition) is 2. The van der Waals surface area contributed by atoms with Crippen molar-refractivity contribution in [3.05, 3.63) is 52.5 Å². The zero-order valence-corrected chi connectivity index (χ0v) is 24.6. The molecular formula is C29H37ClN4O7. The molecule has 2 aliphatic heterocycles. The lowest BCUT2D eigenvalue weighted by atomic mass is 10.1. The van der Waals surface area contributed by atoms with Gasteiger partial charge in [-0.2, -0.15) is 0 Å². The first kappa shape index (κ1) is 31.5. The number of ether oxygens (including phenoxy) is 3. The molecule has 2 N–H and O–H groups in total. The van der Waals surface area contributed by atoms with Crippen LogP contribution in [0.15, 0.2) is 36.4 Å². The van der Waals surface area contributed by atoms with Gasteiger partial charge in [-0.3, -0.25) is 19.2 Å². The summed E-state index contributed by atoms with van der Waals surface area (Å²) in [7, 11) is 4.59. The van der Waals surface area contributed by atoms with Crippen molar-refractivity contribution in [3.8, 4) is 17.2 Å². The number of amides is 4. The van der Waals surface area contributed by atoms with E-state index in [-0.39, 0.29) is 35.8 Å². The smallest absolute Gasteiger partial charge is 0.258 e. The van der Waals surface area contributed by atoms with Gasteiger partial charge in [0.2, 0.25) is 5.91 Å². The van der Waals surface area contributed by atoms with E-state index < -0.39 is 11.9 Å². The Hall–Kier alpha value is -3.99. The van der Waals surface area contributed by atoms with Crippen LogP contribution in [-0.4, -0.2) is 93.5 Å². The second-order valence-electron chi connectivity index (χ2n) is 9.66.